The van der Waals surface area contributed by atoms with E-state index in [0.717, 1.165) is 36.8 Å². The highest BCUT2D eigenvalue weighted by Crippen LogP contribution is 2.30. The molecule has 7 nitrogen and oxygen atoms in total. The highest BCUT2D eigenvalue weighted by molar-refractivity contribution is 5.89. The smallest absolute Gasteiger partial charge is 0.228 e. The van der Waals surface area contributed by atoms with Gasteiger partial charge in [-0.25, -0.2) is 9.97 Å². The third-order valence-corrected chi connectivity index (χ3v) is 5.79. The zero-order chi connectivity index (χ0) is 19.0. The summed E-state index contributed by atoms with van der Waals surface area (Å²) in [5.74, 6) is 1.69. The molecule has 1 aromatic heterocycles. The predicted molar refractivity (Wildman–Crippen MR) is 102 cm³/mol. The average Bonchev–Trinajstić information content (AvgIpc) is 3.31. The summed E-state index contributed by atoms with van der Waals surface area (Å²) in [6, 6.07) is 0. The molecule has 0 aromatic carbocycles. The minimum atomic E-state index is -0.250. The monoisotopic (exact) mass is 369 g/mol. The molecule has 27 heavy (non-hydrogen) atoms. The minimum Gasteiger partial charge on any atom is -0.356 e. The molecule has 2 amide bonds. The van der Waals surface area contributed by atoms with Crippen molar-refractivity contribution < 1.29 is 9.59 Å². The maximum atomic E-state index is 13.0. The van der Waals surface area contributed by atoms with Crippen molar-refractivity contribution in [3.63, 3.8) is 0 Å². The molecule has 2 fully saturated rings. The Hall–Kier alpha value is -2.44. The Labute approximate surface area is 160 Å². The fourth-order valence-electron chi connectivity index (χ4n) is 4.44. The van der Waals surface area contributed by atoms with Crippen LogP contribution in [-0.2, 0) is 22.6 Å². The average molecular weight is 369 g/mol. The molecule has 0 N–H and O–H groups in total. The molecule has 4 heterocycles. The van der Waals surface area contributed by atoms with Crippen LogP contribution in [0.3, 0.4) is 0 Å². The fourth-order valence-corrected chi connectivity index (χ4v) is 4.44. The number of anilines is 1. The van der Waals surface area contributed by atoms with Crippen LogP contribution in [0.15, 0.2) is 12.7 Å². The van der Waals surface area contributed by atoms with Crippen LogP contribution in [0.2, 0.25) is 0 Å². The van der Waals surface area contributed by atoms with E-state index in [9.17, 15) is 9.59 Å². The Balaban J connectivity index is 1.51. The number of hydrogen-bond donors (Lipinski definition) is 0. The van der Waals surface area contributed by atoms with E-state index in [1.54, 1.807) is 11.0 Å². The van der Waals surface area contributed by atoms with E-state index in [2.05, 4.69) is 16.5 Å². The zero-order valence-electron chi connectivity index (χ0n) is 16.0. The lowest BCUT2D eigenvalue weighted by Gasteiger charge is -2.32. The van der Waals surface area contributed by atoms with Gasteiger partial charge in [-0.15, -0.1) is 6.58 Å². The van der Waals surface area contributed by atoms with Crippen LogP contribution in [0.5, 0.6) is 0 Å². The van der Waals surface area contributed by atoms with E-state index in [0.29, 0.717) is 32.6 Å². The standard InChI is InChI=1S/C20H27N5O2/c1-3-7-24-12-15(11-18(24)26)20(27)25-10-6-16-17(13-25)21-14(2)22-19(16)23-8-4-5-9-23/h3,15H,1,4-13H2,2H3/t15-/m0/s1. The number of likely N-dealkylation sites (tertiary alicyclic amines) is 1. The van der Waals surface area contributed by atoms with Crippen molar-refractivity contribution in [1.82, 2.24) is 19.8 Å². The van der Waals surface area contributed by atoms with Crippen LogP contribution >= 0.6 is 0 Å². The lowest BCUT2D eigenvalue weighted by Crippen LogP contribution is -2.41. The molecule has 0 unspecified atom stereocenters. The Bertz CT molecular complexity index is 772. The van der Waals surface area contributed by atoms with Gasteiger partial charge in [0.15, 0.2) is 0 Å². The SMILES string of the molecule is C=CCN1C[C@@H](C(=O)N2CCc3c(nc(C)nc3N3CCCC3)C2)CC1=O. The van der Waals surface area contributed by atoms with Gasteiger partial charge in [0.25, 0.3) is 0 Å². The van der Waals surface area contributed by atoms with Gasteiger partial charge >= 0.3 is 0 Å². The van der Waals surface area contributed by atoms with E-state index in [4.69, 9.17) is 4.98 Å². The molecule has 0 aliphatic carbocycles. The highest BCUT2D eigenvalue weighted by Gasteiger charge is 2.37. The number of hydrogen-bond acceptors (Lipinski definition) is 5. The maximum absolute atomic E-state index is 13.0. The molecule has 1 aromatic rings. The molecule has 0 saturated carbocycles. The van der Waals surface area contributed by atoms with Gasteiger partial charge in [0.1, 0.15) is 11.6 Å². The van der Waals surface area contributed by atoms with Gasteiger partial charge in [0.2, 0.25) is 11.8 Å². The summed E-state index contributed by atoms with van der Waals surface area (Å²) in [6.07, 6.45) is 5.21. The topological polar surface area (TPSA) is 69.6 Å². The fraction of sp³-hybridized carbons (Fsp3) is 0.600. The summed E-state index contributed by atoms with van der Waals surface area (Å²) in [5.41, 5.74) is 2.17. The molecule has 0 radical (unpaired) electrons. The number of carbonyl (C=O) groups is 2. The van der Waals surface area contributed by atoms with Crippen molar-refractivity contribution in [3.8, 4) is 0 Å². The molecule has 7 heteroatoms. The van der Waals surface area contributed by atoms with Crippen LogP contribution in [0, 0.1) is 12.8 Å². The van der Waals surface area contributed by atoms with Gasteiger partial charge in [-0.3, -0.25) is 9.59 Å². The van der Waals surface area contributed by atoms with Gasteiger partial charge in [0.05, 0.1) is 18.2 Å². The second-order valence-electron chi connectivity index (χ2n) is 7.71. The van der Waals surface area contributed by atoms with Crippen molar-refractivity contribution in [3.05, 3.63) is 29.7 Å². The Kier molecular flexibility index (Phi) is 4.85. The lowest BCUT2D eigenvalue weighted by atomic mass is 10.0. The van der Waals surface area contributed by atoms with Gasteiger partial charge in [-0.2, -0.15) is 0 Å². The van der Waals surface area contributed by atoms with Crippen molar-refractivity contribution in [2.24, 2.45) is 5.92 Å². The maximum Gasteiger partial charge on any atom is 0.228 e. The van der Waals surface area contributed by atoms with E-state index in [1.807, 2.05) is 11.8 Å². The van der Waals surface area contributed by atoms with E-state index in [-0.39, 0.29) is 17.7 Å². The number of fused-ring (bicyclic) bond motifs is 1. The van der Waals surface area contributed by atoms with Gasteiger partial charge < -0.3 is 14.7 Å². The molecule has 2 saturated heterocycles. The number of carbonyl (C=O) groups excluding carboxylic acids is 2. The molecule has 144 valence electrons. The number of rotatable bonds is 4. The number of amides is 2. The third kappa shape index (κ3) is 3.42. The van der Waals surface area contributed by atoms with E-state index >= 15 is 0 Å². The van der Waals surface area contributed by atoms with Crippen LogP contribution in [-0.4, -0.2) is 64.3 Å². The molecule has 0 bridgehead atoms. The molecule has 1 atom stereocenters. The first kappa shape index (κ1) is 17.9. The Morgan fingerprint density at radius 3 is 2.78 bits per heavy atom. The van der Waals surface area contributed by atoms with Crippen molar-refractivity contribution in [1.29, 1.82) is 0 Å². The number of aryl methyl sites for hydroxylation is 1. The van der Waals surface area contributed by atoms with Gasteiger partial charge in [0, 0.05) is 44.7 Å². The normalized spacial score (nSPS) is 22.3. The summed E-state index contributed by atoms with van der Waals surface area (Å²) in [7, 11) is 0. The molecular formula is C20H27N5O2. The predicted octanol–water partition coefficient (Wildman–Crippen LogP) is 1.30. The molecule has 3 aliphatic heterocycles. The van der Waals surface area contributed by atoms with Crippen molar-refractivity contribution >= 4 is 17.6 Å². The van der Waals surface area contributed by atoms with E-state index in [1.165, 1.54) is 18.4 Å². The quantitative estimate of drug-likeness (QED) is 0.749. The lowest BCUT2D eigenvalue weighted by molar-refractivity contribution is -0.136. The first-order valence-corrected chi connectivity index (χ1v) is 9.85. The molecule has 3 aliphatic rings. The van der Waals surface area contributed by atoms with Crippen LogP contribution in [0.25, 0.3) is 0 Å². The number of aromatic nitrogens is 2. The largest absolute Gasteiger partial charge is 0.356 e. The van der Waals surface area contributed by atoms with Gasteiger partial charge in [-0.1, -0.05) is 6.08 Å². The van der Waals surface area contributed by atoms with Crippen LogP contribution < -0.4 is 4.90 Å². The number of nitrogens with zero attached hydrogens (tertiary/aromatic N) is 5. The van der Waals surface area contributed by atoms with Crippen LogP contribution in [0.1, 0.15) is 36.3 Å². The Morgan fingerprint density at radius 1 is 1.26 bits per heavy atom. The third-order valence-electron chi connectivity index (χ3n) is 5.79. The summed E-state index contributed by atoms with van der Waals surface area (Å²) in [4.78, 5) is 40.4. The zero-order valence-corrected chi connectivity index (χ0v) is 16.0. The highest BCUT2D eigenvalue weighted by atomic mass is 16.2. The van der Waals surface area contributed by atoms with Crippen LogP contribution in [0.4, 0.5) is 5.82 Å². The van der Waals surface area contributed by atoms with Gasteiger partial charge in [-0.05, 0) is 26.2 Å². The second-order valence-corrected chi connectivity index (χ2v) is 7.71. The summed E-state index contributed by atoms with van der Waals surface area (Å²) in [5, 5.41) is 0. The summed E-state index contributed by atoms with van der Waals surface area (Å²) < 4.78 is 0. The summed E-state index contributed by atoms with van der Waals surface area (Å²) in [6.45, 7) is 9.90. The minimum absolute atomic E-state index is 0.0418. The second kappa shape index (κ2) is 7.29. The molecular weight excluding hydrogens is 342 g/mol. The van der Waals surface area contributed by atoms with E-state index < -0.39 is 0 Å². The Morgan fingerprint density at radius 2 is 2.04 bits per heavy atom. The summed E-state index contributed by atoms with van der Waals surface area (Å²) >= 11 is 0. The molecule has 4 rings (SSSR count). The van der Waals surface area contributed by atoms with Crippen molar-refractivity contribution in [2.45, 2.75) is 39.2 Å². The first-order valence-electron chi connectivity index (χ1n) is 9.85. The van der Waals surface area contributed by atoms with Crippen molar-refractivity contribution in [2.75, 3.05) is 37.6 Å². The first-order chi connectivity index (χ1) is 13.1. The molecule has 0 spiro atoms.